The van der Waals surface area contributed by atoms with Crippen LogP contribution in [0.2, 0.25) is 0 Å². The van der Waals surface area contributed by atoms with Gasteiger partial charge in [0.15, 0.2) is 5.75 Å². The first-order chi connectivity index (χ1) is 13.7. The van der Waals surface area contributed by atoms with Gasteiger partial charge in [-0.1, -0.05) is 13.8 Å². The molecule has 2 N–H and O–H groups in total. The van der Waals surface area contributed by atoms with Crippen LogP contribution in [0, 0.1) is 16.0 Å². The van der Waals surface area contributed by atoms with Crippen molar-refractivity contribution in [3.63, 3.8) is 0 Å². The van der Waals surface area contributed by atoms with Gasteiger partial charge in [-0.25, -0.2) is 9.59 Å². The lowest BCUT2D eigenvalue weighted by atomic mass is 9.91. The summed E-state index contributed by atoms with van der Waals surface area (Å²) in [6.45, 7) is 7.42. The minimum atomic E-state index is -0.955. The number of rotatable bonds is 8. The quantitative estimate of drug-likeness (QED) is 0.385. The maximum absolute atomic E-state index is 12.7. The van der Waals surface area contributed by atoms with E-state index in [-0.39, 0.29) is 41.9 Å². The normalized spacial score (nSPS) is 16.2. The number of methoxy groups -OCH3 is 1. The lowest BCUT2D eigenvalue weighted by Gasteiger charge is -2.31. The molecule has 0 bridgehead atoms. The zero-order chi connectivity index (χ0) is 21.7. The number of amides is 2. The molecule has 10 heteroatoms. The molecule has 0 saturated heterocycles. The number of nitrogens with zero attached hydrogens (tertiary/aromatic N) is 1. The minimum absolute atomic E-state index is 0.0355. The monoisotopic (exact) mass is 407 g/mol. The summed E-state index contributed by atoms with van der Waals surface area (Å²) in [5.41, 5.74) is 0.546. The van der Waals surface area contributed by atoms with Crippen LogP contribution in [0.5, 0.6) is 11.5 Å². The molecule has 1 unspecified atom stereocenters. The predicted molar refractivity (Wildman–Crippen MR) is 104 cm³/mol. The Labute approximate surface area is 168 Å². The molecule has 1 atom stereocenters. The van der Waals surface area contributed by atoms with Crippen LogP contribution in [0.1, 0.15) is 39.3 Å². The number of nitrogens with one attached hydrogen (secondary N) is 2. The fraction of sp³-hybridized carbons (Fsp3) is 0.474. The van der Waals surface area contributed by atoms with Crippen molar-refractivity contribution in [2.24, 2.45) is 5.92 Å². The van der Waals surface area contributed by atoms with E-state index in [4.69, 9.17) is 14.2 Å². The van der Waals surface area contributed by atoms with Crippen molar-refractivity contribution in [3.8, 4) is 11.5 Å². The van der Waals surface area contributed by atoms with Crippen molar-refractivity contribution in [3.05, 3.63) is 39.1 Å². The van der Waals surface area contributed by atoms with Crippen LogP contribution >= 0.6 is 0 Å². The average Bonchev–Trinajstić information content (AvgIpc) is 2.66. The van der Waals surface area contributed by atoms with Crippen molar-refractivity contribution in [2.45, 2.75) is 33.7 Å². The Kier molecular flexibility index (Phi) is 7.03. The topological polar surface area (TPSA) is 129 Å². The third kappa shape index (κ3) is 4.58. The summed E-state index contributed by atoms with van der Waals surface area (Å²) in [6.07, 6.45) is 0. The molecule has 0 fully saturated rings. The Morgan fingerprint density at radius 1 is 1.28 bits per heavy atom. The van der Waals surface area contributed by atoms with Gasteiger partial charge in [0.25, 0.3) is 0 Å². The van der Waals surface area contributed by atoms with Crippen LogP contribution in [0.4, 0.5) is 10.5 Å². The number of benzene rings is 1. The zero-order valence-corrected chi connectivity index (χ0v) is 17.0. The molecule has 0 saturated carbocycles. The molecule has 1 aromatic carbocycles. The van der Waals surface area contributed by atoms with E-state index in [1.54, 1.807) is 13.8 Å². The molecule has 0 spiro atoms. The van der Waals surface area contributed by atoms with Crippen LogP contribution < -0.4 is 20.1 Å². The SMILES string of the molecule is CCOC(=O)C1=C(C(C)C)NC(=O)NC1c1cc(OCC)c(OC)c([N+](=O)[O-])c1. The van der Waals surface area contributed by atoms with Gasteiger partial charge in [0.05, 0.1) is 36.9 Å². The first kappa shape index (κ1) is 22.0. The first-order valence-electron chi connectivity index (χ1n) is 9.22. The maximum Gasteiger partial charge on any atom is 0.338 e. The second-order valence-corrected chi connectivity index (χ2v) is 6.50. The predicted octanol–water partition coefficient (Wildman–Crippen LogP) is 2.83. The van der Waals surface area contributed by atoms with Crippen LogP contribution in [0.25, 0.3) is 0 Å². The highest BCUT2D eigenvalue weighted by Gasteiger charge is 2.36. The number of allylic oxidation sites excluding steroid dienone is 1. The summed E-state index contributed by atoms with van der Waals surface area (Å²) in [6, 6.07) is 1.30. The van der Waals surface area contributed by atoms with Gasteiger partial charge in [0.1, 0.15) is 0 Å². The Morgan fingerprint density at radius 3 is 2.48 bits per heavy atom. The number of nitro benzene ring substituents is 1. The van der Waals surface area contributed by atoms with Crippen LogP contribution in [0.15, 0.2) is 23.4 Å². The smallest absolute Gasteiger partial charge is 0.338 e. The van der Waals surface area contributed by atoms with E-state index in [2.05, 4.69) is 10.6 Å². The van der Waals surface area contributed by atoms with E-state index in [9.17, 15) is 19.7 Å². The van der Waals surface area contributed by atoms with Gasteiger partial charge in [-0.2, -0.15) is 0 Å². The summed E-state index contributed by atoms with van der Waals surface area (Å²) in [5.74, 6) is -0.708. The number of carbonyl (C=O) groups excluding carboxylic acids is 2. The number of urea groups is 1. The van der Waals surface area contributed by atoms with Crippen molar-refractivity contribution < 1.29 is 28.7 Å². The lowest BCUT2D eigenvalue weighted by molar-refractivity contribution is -0.385. The van der Waals surface area contributed by atoms with Gasteiger partial charge in [-0.15, -0.1) is 0 Å². The Morgan fingerprint density at radius 2 is 1.97 bits per heavy atom. The molecular weight excluding hydrogens is 382 g/mol. The van der Waals surface area contributed by atoms with Crippen LogP contribution in [-0.4, -0.2) is 37.2 Å². The minimum Gasteiger partial charge on any atom is -0.490 e. The molecule has 2 rings (SSSR count). The summed E-state index contributed by atoms with van der Waals surface area (Å²) >= 11 is 0. The van der Waals surface area contributed by atoms with E-state index in [0.717, 1.165) is 0 Å². The number of nitro groups is 1. The van der Waals surface area contributed by atoms with E-state index in [0.29, 0.717) is 11.3 Å². The van der Waals surface area contributed by atoms with E-state index in [1.165, 1.54) is 19.2 Å². The average molecular weight is 407 g/mol. The summed E-state index contributed by atoms with van der Waals surface area (Å²) in [5, 5.41) is 16.9. The molecule has 1 heterocycles. The highest BCUT2D eigenvalue weighted by Crippen LogP contribution is 2.42. The molecular formula is C19H25N3O7. The summed E-state index contributed by atoms with van der Waals surface area (Å²) in [4.78, 5) is 35.9. The molecule has 0 aromatic heterocycles. The van der Waals surface area contributed by atoms with Gasteiger partial charge in [-0.3, -0.25) is 10.1 Å². The number of carbonyl (C=O) groups is 2. The number of esters is 1. The van der Waals surface area contributed by atoms with Crippen molar-refractivity contribution in [1.82, 2.24) is 10.6 Å². The first-order valence-corrected chi connectivity index (χ1v) is 9.22. The van der Waals surface area contributed by atoms with Crippen LogP contribution in [-0.2, 0) is 9.53 Å². The summed E-state index contributed by atoms with van der Waals surface area (Å²) < 4.78 is 15.8. The fourth-order valence-electron chi connectivity index (χ4n) is 3.10. The molecule has 1 aliphatic rings. The molecule has 1 aromatic rings. The summed E-state index contributed by atoms with van der Waals surface area (Å²) in [7, 11) is 1.30. The van der Waals surface area contributed by atoms with Gasteiger partial charge < -0.3 is 24.8 Å². The third-order valence-electron chi connectivity index (χ3n) is 4.27. The highest BCUT2D eigenvalue weighted by molar-refractivity contribution is 5.95. The lowest BCUT2D eigenvalue weighted by Crippen LogP contribution is -2.47. The van der Waals surface area contributed by atoms with Crippen LogP contribution in [0.3, 0.4) is 0 Å². The number of hydrogen-bond acceptors (Lipinski definition) is 7. The number of hydrogen-bond donors (Lipinski definition) is 2. The van der Waals surface area contributed by atoms with E-state index < -0.39 is 23.0 Å². The molecule has 29 heavy (non-hydrogen) atoms. The van der Waals surface area contributed by atoms with Gasteiger partial charge in [0, 0.05) is 11.8 Å². The fourth-order valence-corrected chi connectivity index (χ4v) is 3.10. The molecule has 10 nitrogen and oxygen atoms in total. The Hall–Kier alpha value is -3.30. The van der Waals surface area contributed by atoms with E-state index >= 15 is 0 Å². The zero-order valence-electron chi connectivity index (χ0n) is 17.0. The van der Waals surface area contributed by atoms with Gasteiger partial charge >= 0.3 is 17.7 Å². The maximum atomic E-state index is 12.7. The van der Waals surface area contributed by atoms with E-state index in [1.807, 2.05) is 13.8 Å². The molecule has 2 amide bonds. The molecule has 0 aliphatic carbocycles. The standard InChI is InChI=1S/C19H25N3O7/c1-6-28-13-9-11(8-12(22(25)26)17(13)27-5)16-14(18(23)29-7-2)15(10(3)4)20-19(24)21-16/h8-10,16H,6-7H2,1-5H3,(H2,20,21,24). The van der Waals surface area contributed by atoms with Gasteiger partial charge in [-0.05, 0) is 31.4 Å². The Bertz CT molecular complexity index is 848. The highest BCUT2D eigenvalue weighted by atomic mass is 16.6. The van der Waals surface area contributed by atoms with Crippen molar-refractivity contribution >= 4 is 17.7 Å². The molecule has 158 valence electrons. The van der Waals surface area contributed by atoms with Gasteiger partial charge in [0.2, 0.25) is 5.75 Å². The van der Waals surface area contributed by atoms with Crippen molar-refractivity contribution in [1.29, 1.82) is 0 Å². The second-order valence-electron chi connectivity index (χ2n) is 6.50. The van der Waals surface area contributed by atoms with Crippen molar-refractivity contribution in [2.75, 3.05) is 20.3 Å². The number of ether oxygens (including phenoxy) is 3. The molecule has 1 aliphatic heterocycles. The Balaban J connectivity index is 2.74. The third-order valence-corrected chi connectivity index (χ3v) is 4.27. The second kappa shape index (κ2) is 9.26. The largest absolute Gasteiger partial charge is 0.490 e. The molecule has 0 radical (unpaired) electrons.